The van der Waals surface area contributed by atoms with Crippen LogP contribution in [0.5, 0.6) is 0 Å². The normalized spacial score (nSPS) is 18.4. The molecule has 94 valence electrons. The van der Waals surface area contributed by atoms with E-state index in [1.807, 2.05) is 18.2 Å². The quantitative estimate of drug-likeness (QED) is 0.844. The van der Waals surface area contributed by atoms with Gasteiger partial charge in [0.05, 0.1) is 13.3 Å². The molecule has 17 heavy (non-hydrogen) atoms. The summed E-state index contributed by atoms with van der Waals surface area (Å²) in [6.07, 6.45) is 2.43. The van der Waals surface area contributed by atoms with Gasteiger partial charge in [-0.05, 0) is 30.9 Å². The number of ether oxygens (including phenoxy) is 1. The molecule has 3 heteroatoms. The molecule has 0 atom stereocenters. The monoisotopic (exact) mass is 234 g/mol. The Balaban J connectivity index is 1.63. The lowest BCUT2D eigenvalue weighted by atomic mass is 9.98. The number of hydrogen-bond donors (Lipinski definition) is 1. The number of rotatable bonds is 5. The van der Waals surface area contributed by atoms with Crippen molar-refractivity contribution < 1.29 is 4.74 Å². The smallest absolute Gasteiger partial charge is 0.0994 e. The van der Waals surface area contributed by atoms with Gasteiger partial charge in [-0.1, -0.05) is 30.3 Å². The second kappa shape index (κ2) is 6.74. The van der Waals surface area contributed by atoms with Gasteiger partial charge in [0.2, 0.25) is 0 Å². The summed E-state index contributed by atoms with van der Waals surface area (Å²) in [7, 11) is 0. The summed E-state index contributed by atoms with van der Waals surface area (Å²) in [5, 5.41) is 0. The van der Waals surface area contributed by atoms with E-state index in [4.69, 9.17) is 10.5 Å². The van der Waals surface area contributed by atoms with Crippen LogP contribution in [0.1, 0.15) is 18.4 Å². The predicted octanol–water partition coefficient (Wildman–Crippen LogP) is 1.83. The molecule has 1 aliphatic rings. The van der Waals surface area contributed by atoms with E-state index >= 15 is 0 Å². The van der Waals surface area contributed by atoms with Crippen molar-refractivity contribution in [2.24, 2.45) is 11.7 Å². The lowest BCUT2D eigenvalue weighted by Gasteiger charge is -2.30. The molecule has 1 saturated heterocycles. The zero-order valence-electron chi connectivity index (χ0n) is 10.3. The Morgan fingerprint density at radius 1 is 1.18 bits per heavy atom. The minimum absolute atomic E-state index is 0.706. The lowest BCUT2D eigenvalue weighted by molar-refractivity contribution is 0.00280. The molecule has 0 spiro atoms. The van der Waals surface area contributed by atoms with Crippen molar-refractivity contribution in [2.45, 2.75) is 19.4 Å². The van der Waals surface area contributed by atoms with Gasteiger partial charge in [-0.15, -0.1) is 0 Å². The maximum atomic E-state index is 5.72. The molecular formula is C14H22N2O. The number of nitrogens with zero attached hydrogens (tertiary/aromatic N) is 1. The third kappa shape index (κ3) is 4.11. The molecule has 3 nitrogen and oxygen atoms in total. The van der Waals surface area contributed by atoms with Crippen LogP contribution in [0.3, 0.4) is 0 Å². The highest BCUT2D eigenvalue weighted by molar-refractivity contribution is 5.13. The Hall–Kier alpha value is -0.900. The molecule has 0 unspecified atom stereocenters. The topological polar surface area (TPSA) is 38.5 Å². The SMILES string of the molecule is NCC1CCN(COCc2ccccc2)CC1. The van der Waals surface area contributed by atoms with Crippen molar-refractivity contribution in [1.82, 2.24) is 4.90 Å². The third-order valence-corrected chi connectivity index (χ3v) is 3.43. The van der Waals surface area contributed by atoms with Gasteiger partial charge in [0.15, 0.2) is 0 Å². The van der Waals surface area contributed by atoms with Crippen molar-refractivity contribution in [3.05, 3.63) is 35.9 Å². The fraction of sp³-hybridized carbons (Fsp3) is 0.571. The van der Waals surface area contributed by atoms with Crippen LogP contribution in [-0.4, -0.2) is 31.3 Å². The van der Waals surface area contributed by atoms with Gasteiger partial charge in [-0.2, -0.15) is 0 Å². The zero-order chi connectivity index (χ0) is 11.9. The highest BCUT2D eigenvalue weighted by Gasteiger charge is 2.17. The lowest BCUT2D eigenvalue weighted by Crippen LogP contribution is -2.37. The van der Waals surface area contributed by atoms with Crippen LogP contribution >= 0.6 is 0 Å². The molecule has 2 N–H and O–H groups in total. The molecule has 1 aromatic rings. The first-order valence-corrected chi connectivity index (χ1v) is 6.42. The van der Waals surface area contributed by atoms with E-state index in [2.05, 4.69) is 17.0 Å². The summed E-state index contributed by atoms with van der Waals surface area (Å²) in [4.78, 5) is 2.37. The summed E-state index contributed by atoms with van der Waals surface area (Å²) >= 11 is 0. The summed E-state index contributed by atoms with van der Waals surface area (Å²) in [5.41, 5.74) is 6.92. The molecule has 0 amide bonds. The van der Waals surface area contributed by atoms with E-state index in [1.165, 1.54) is 18.4 Å². The van der Waals surface area contributed by atoms with Crippen LogP contribution in [0.15, 0.2) is 30.3 Å². The highest BCUT2D eigenvalue weighted by atomic mass is 16.5. The molecule has 0 aliphatic carbocycles. The van der Waals surface area contributed by atoms with Crippen LogP contribution in [0.4, 0.5) is 0 Å². The Bertz CT molecular complexity index is 307. The maximum Gasteiger partial charge on any atom is 0.0994 e. The molecule has 0 aromatic heterocycles. The van der Waals surface area contributed by atoms with Crippen molar-refractivity contribution in [1.29, 1.82) is 0 Å². The van der Waals surface area contributed by atoms with Crippen LogP contribution in [0, 0.1) is 5.92 Å². The summed E-state index contributed by atoms with van der Waals surface area (Å²) in [5.74, 6) is 0.723. The minimum Gasteiger partial charge on any atom is -0.361 e. The molecule has 1 aliphatic heterocycles. The molecular weight excluding hydrogens is 212 g/mol. The Morgan fingerprint density at radius 3 is 2.53 bits per heavy atom. The Labute approximate surface area is 104 Å². The molecule has 0 saturated carbocycles. The van der Waals surface area contributed by atoms with E-state index in [0.29, 0.717) is 6.61 Å². The average Bonchev–Trinajstić information content (AvgIpc) is 2.41. The maximum absolute atomic E-state index is 5.72. The summed E-state index contributed by atoms with van der Waals surface area (Å²) in [6.45, 7) is 4.52. The van der Waals surface area contributed by atoms with Crippen LogP contribution in [0.2, 0.25) is 0 Å². The van der Waals surface area contributed by atoms with Gasteiger partial charge in [0.25, 0.3) is 0 Å². The number of benzene rings is 1. The second-order valence-corrected chi connectivity index (χ2v) is 4.76. The van der Waals surface area contributed by atoms with Gasteiger partial charge in [0, 0.05) is 13.1 Å². The summed E-state index contributed by atoms with van der Waals surface area (Å²) < 4.78 is 5.72. The first kappa shape index (κ1) is 12.6. The standard InChI is InChI=1S/C14H22N2O/c15-10-13-6-8-16(9-7-13)12-17-11-14-4-2-1-3-5-14/h1-5,13H,6-12,15H2. The fourth-order valence-electron chi connectivity index (χ4n) is 2.22. The molecule has 0 radical (unpaired) electrons. The van der Waals surface area contributed by atoms with E-state index in [9.17, 15) is 0 Å². The van der Waals surface area contributed by atoms with Crippen LogP contribution in [0.25, 0.3) is 0 Å². The third-order valence-electron chi connectivity index (χ3n) is 3.43. The van der Waals surface area contributed by atoms with E-state index in [-0.39, 0.29) is 0 Å². The van der Waals surface area contributed by atoms with Crippen LogP contribution < -0.4 is 5.73 Å². The van der Waals surface area contributed by atoms with Gasteiger partial charge < -0.3 is 10.5 Å². The molecule has 1 fully saturated rings. The van der Waals surface area contributed by atoms with Gasteiger partial charge in [-0.3, -0.25) is 4.90 Å². The van der Waals surface area contributed by atoms with Crippen LogP contribution in [-0.2, 0) is 11.3 Å². The van der Waals surface area contributed by atoms with Gasteiger partial charge in [-0.25, -0.2) is 0 Å². The predicted molar refractivity (Wildman–Crippen MR) is 69.4 cm³/mol. The van der Waals surface area contributed by atoms with Crippen molar-refractivity contribution >= 4 is 0 Å². The molecule has 1 heterocycles. The average molecular weight is 234 g/mol. The Kier molecular flexibility index (Phi) is 4.98. The zero-order valence-corrected chi connectivity index (χ0v) is 10.3. The van der Waals surface area contributed by atoms with Crippen molar-refractivity contribution in [3.63, 3.8) is 0 Å². The number of hydrogen-bond acceptors (Lipinski definition) is 3. The second-order valence-electron chi connectivity index (χ2n) is 4.76. The van der Waals surface area contributed by atoms with Gasteiger partial charge >= 0.3 is 0 Å². The molecule has 2 rings (SSSR count). The summed E-state index contributed by atoms with van der Waals surface area (Å²) in [6, 6.07) is 10.3. The highest BCUT2D eigenvalue weighted by Crippen LogP contribution is 2.15. The molecule has 1 aromatic carbocycles. The Morgan fingerprint density at radius 2 is 1.88 bits per heavy atom. The first-order valence-electron chi connectivity index (χ1n) is 6.42. The van der Waals surface area contributed by atoms with E-state index in [0.717, 1.165) is 32.3 Å². The fourth-order valence-corrected chi connectivity index (χ4v) is 2.22. The number of piperidine rings is 1. The number of likely N-dealkylation sites (tertiary alicyclic amines) is 1. The minimum atomic E-state index is 0.706. The van der Waals surface area contributed by atoms with Gasteiger partial charge in [0.1, 0.15) is 0 Å². The molecule has 0 bridgehead atoms. The van der Waals surface area contributed by atoms with E-state index < -0.39 is 0 Å². The van der Waals surface area contributed by atoms with E-state index in [1.54, 1.807) is 0 Å². The largest absolute Gasteiger partial charge is 0.361 e. The van der Waals surface area contributed by atoms with Crippen molar-refractivity contribution in [3.8, 4) is 0 Å². The van der Waals surface area contributed by atoms with Crippen molar-refractivity contribution in [2.75, 3.05) is 26.4 Å². The number of nitrogens with two attached hydrogens (primary N) is 1. The first-order chi connectivity index (χ1) is 8.38.